The molecule has 1 unspecified atom stereocenters. The van der Waals surface area contributed by atoms with Gasteiger partial charge in [-0.05, 0) is 91.6 Å². The van der Waals surface area contributed by atoms with Crippen LogP contribution in [0.25, 0.3) is 0 Å². The number of halogens is 3. The second-order valence-corrected chi connectivity index (χ2v) is 18.1. The van der Waals surface area contributed by atoms with E-state index in [1.807, 2.05) is 18.7 Å². The Kier molecular flexibility index (Phi) is 16.4. The predicted molar refractivity (Wildman–Crippen MR) is 218 cm³/mol. The summed E-state index contributed by atoms with van der Waals surface area (Å²) in [4.78, 5) is 55.9. The van der Waals surface area contributed by atoms with Crippen LogP contribution in [0, 0.1) is 27.9 Å². The van der Waals surface area contributed by atoms with Crippen molar-refractivity contribution in [1.82, 2.24) is 9.80 Å². The molecular weight excluding hydrogens is 823 g/mol. The van der Waals surface area contributed by atoms with Crippen LogP contribution in [-0.2, 0) is 44.2 Å². The van der Waals surface area contributed by atoms with Gasteiger partial charge in [0.25, 0.3) is 5.69 Å². The van der Waals surface area contributed by atoms with E-state index in [1.54, 1.807) is 27.9 Å². The number of aliphatic hydroxyl groups is 2. The number of nitro groups is 1. The molecule has 2 N–H and O–H groups in total. The van der Waals surface area contributed by atoms with Gasteiger partial charge in [0.15, 0.2) is 12.4 Å². The summed E-state index contributed by atoms with van der Waals surface area (Å²) in [6.45, 7) is 19.3. The van der Waals surface area contributed by atoms with E-state index >= 15 is 0 Å². The van der Waals surface area contributed by atoms with E-state index in [0.717, 1.165) is 0 Å². The van der Waals surface area contributed by atoms with Gasteiger partial charge in [-0.1, -0.05) is 27.4 Å². The molecule has 350 valence electrons. The Morgan fingerprint density at radius 3 is 2.31 bits per heavy atom. The fourth-order valence-corrected chi connectivity index (χ4v) is 9.33. The van der Waals surface area contributed by atoms with Crippen LogP contribution < -0.4 is 0 Å². The molecule has 3 fully saturated rings. The maximum Gasteiger partial charge on any atom is 0.416 e. The lowest BCUT2D eigenvalue weighted by Gasteiger charge is -2.48. The summed E-state index contributed by atoms with van der Waals surface area (Å²) < 4.78 is 78.1. The zero-order chi connectivity index (χ0) is 46.8. The van der Waals surface area contributed by atoms with Gasteiger partial charge in [-0.15, -0.1) is 0 Å². The third kappa shape index (κ3) is 11.7. The van der Waals surface area contributed by atoms with Crippen LogP contribution in [0.4, 0.5) is 18.9 Å². The number of nitrogens with zero attached hydrogens (tertiary/aromatic N) is 3. The first-order valence-corrected chi connectivity index (χ1v) is 21.0. The van der Waals surface area contributed by atoms with Crippen molar-refractivity contribution in [3.05, 3.63) is 51.6 Å². The molecule has 0 aliphatic carbocycles. The van der Waals surface area contributed by atoms with E-state index in [2.05, 4.69) is 11.5 Å². The number of hydrogen-bond donors (Lipinski definition) is 2. The fraction of sp³-hybridized carbons (Fsp3) is 0.744. The van der Waals surface area contributed by atoms with Crippen LogP contribution in [0.15, 0.2) is 30.4 Å². The van der Waals surface area contributed by atoms with Gasteiger partial charge in [0.05, 0.1) is 53.0 Å². The van der Waals surface area contributed by atoms with Crippen LogP contribution in [0.5, 0.6) is 0 Å². The molecule has 16 nitrogen and oxygen atoms in total. The Morgan fingerprint density at radius 2 is 1.74 bits per heavy atom. The number of nitro benzene ring substituents is 1. The highest BCUT2D eigenvalue weighted by atomic mass is 19.4. The molecule has 3 aliphatic rings. The van der Waals surface area contributed by atoms with Crippen LogP contribution in [-0.4, -0.2) is 143 Å². The second-order valence-electron chi connectivity index (χ2n) is 18.1. The number of rotatable bonds is 8. The van der Waals surface area contributed by atoms with Gasteiger partial charge in [-0.3, -0.25) is 24.6 Å². The lowest BCUT2D eigenvalue weighted by molar-refractivity contribution is -0.385. The third-order valence-electron chi connectivity index (χ3n) is 12.4. The topological polar surface area (TPSA) is 197 Å². The van der Waals surface area contributed by atoms with Gasteiger partial charge >= 0.3 is 24.1 Å². The lowest BCUT2D eigenvalue weighted by atomic mass is 9.78. The molecule has 0 amide bonds. The summed E-state index contributed by atoms with van der Waals surface area (Å²) in [5.74, 6) is -6.14. The van der Waals surface area contributed by atoms with Crippen LogP contribution >= 0.6 is 0 Å². The van der Waals surface area contributed by atoms with Gasteiger partial charge < -0.3 is 43.5 Å². The van der Waals surface area contributed by atoms with Crippen molar-refractivity contribution in [2.75, 3.05) is 33.8 Å². The summed E-state index contributed by atoms with van der Waals surface area (Å²) >= 11 is 0. The SMILES string of the molecule is C=C1CO[C@@H]2[C@@H](C)CN(C1)[C@H](C)C[C@@](C)(O)[C@H](O[C@@H]1O[C@H](C)C[C@H](N(C)C)[C@H]1OC(C)=O)[C@@H](C)[C@H](OC(=O)c1ccc(C(F)(F)F)cc1[N+](=O)[O-])[C@@H](C)C(=O)O[C@H](CC)[C@@]2(C)O. The van der Waals surface area contributed by atoms with Crippen molar-refractivity contribution in [2.45, 2.75) is 154 Å². The van der Waals surface area contributed by atoms with Crippen LogP contribution in [0.2, 0.25) is 0 Å². The molecule has 4 rings (SSSR count). The smallest absolute Gasteiger partial charge is 0.416 e. The second kappa shape index (κ2) is 20.0. The first-order chi connectivity index (χ1) is 28.6. The fourth-order valence-electron chi connectivity index (χ4n) is 9.33. The average molecular weight is 888 g/mol. The normalized spacial score (nSPS) is 37.9. The first kappa shape index (κ1) is 50.9. The summed E-state index contributed by atoms with van der Waals surface area (Å²) in [5, 5.41) is 37.1. The van der Waals surface area contributed by atoms with Crippen molar-refractivity contribution in [2.24, 2.45) is 17.8 Å². The van der Waals surface area contributed by atoms with Crippen LogP contribution in [0.1, 0.15) is 97.5 Å². The number of hydrogen-bond acceptors (Lipinski definition) is 15. The molecule has 0 radical (unpaired) electrons. The predicted octanol–water partition coefficient (Wildman–Crippen LogP) is 5.30. The maximum atomic E-state index is 14.4. The minimum Gasteiger partial charge on any atom is -0.459 e. The Labute approximate surface area is 361 Å². The first-order valence-electron chi connectivity index (χ1n) is 21.0. The molecule has 3 aliphatic heterocycles. The summed E-state index contributed by atoms with van der Waals surface area (Å²) in [7, 11) is 3.58. The highest BCUT2D eigenvalue weighted by Gasteiger charge is 2.53. The summed E-state index contributed by atoms with van der Waals surface area (Å²) in [6, 6.07) is 0.462. The highest BCUT2D eigenvalue weighted by Crippen LogP contribution is 2.40. The summed E-state index contributed by atoms with van der Waals surface area (Å²) in [5.41, 5.74) is -6.41. The minimum absolute atomic E-state index is 0.0248. The molecule has 0 saturated carbocycles. The van der Waals surface area contributed by atoms with Gasteiger partial charge in [0.2, 0.25) is 0 Å². The lowest BCUT2D eigenvalue weighted by Crippen LogP contribution is -2.60. The molecule has 19 heteroatoms. The number of benzene rings is 1. The number of fused-ring (bicyclic) bond motifs is 3. The Balaban J connectivity index is 1.95. The molecule has 1 aromatic carbocycles. The number of alkyl halides is 3. The molecule has 1 aromatic rings. The van der Waals surface area contributed by atoms with E-state index in [1.165, 1.54) is 34.6 Å². The van der Waals surface area contributed by atoms with E-state index < -0.39 is 124 Å². The molecule has 15 atom stereocenters. The average Bonchev–Trinajstić information content (AvgIpc) is 3.15. The number of ether oxygens (including phenoxy) is 6. The van der Waals surface area contributed by atoms with E-state index in [-0.39, 0.29) is 31.4 Å². The summed E-state index contributed by atoms with van der Waals surface area (Å²) in [6.07, 6.45) is -12.5. The zero-order valence-corrected chi connectivity index (χ0v) is 37.5. The Morgan fingerprint density at radius 1 is 1.10 bits per heavy atom. The largest absolute Gasteiger partial charge is 0.459 e. The number of carbonyl (C=O) groups excluding carboxylic acids is 3. The molecular formula is C43H64F3N3O13. The van der Waals surface area contributed by atoms with Gasteiger partial charge in [0.1, 0.15) is 23.4 Å². The molecule has 62 heavy (non-hydrogen) atoms. The van der Waals surface area contributed by atoms with Crippen LogP contribution in [0.3, 0.4) is 0 Å². The molecule has 2 bridgehead atoms. The van der Waals surface area contributed by atoms with Crippen molar-refractivity contribution in [3.8, 4) is 0 Å². The maximum absolute atomic E-state index is 14.4. The minimum atomic E-state index is -4.98. The molecule has 3 heterocycles. The standard InChI is InChI=1S/C43H64F3N3O13/c1-13-33-42(10,54)36-23(3)20-48(19-22(2)21-57-36)24(4)18-41(9,53)37(62-40-35(59-28(8)50)32(47(11)12)16-25(5)58-40)26(6)34(27(7)38(51)60-33)61-39(52)30-15-14-29(43(44,45)46)17-31(30)49(55)56/h14-15,17,23-27,32-37,40,53-54H,2,13,16,18-21H2,1,3-12H3/t23-,24+,25+,26-,27+,32-,33+,34-,35+,36+,37+,40-,41+,42+/m0/s1. The monoisotopic (exact) mass is 887 g/mol. The highest BCUT2D eigenvalue weighted by molar-refractivity contribution is 5.94. The zero-order valence-electron chi connectivity index (χ0n) is 37.5. The van der Waals surface area contributed by atoms with Gasteiger partial charge in [-0.2, -0.15) is 13.2 Å². The quantitative estimate of drug-likeness (QED) is 0.112. The Bertz CT molecular complexity index is 1790. The number of esters is 3. The Hall–Kier alpha value is -3.72. The number of cyclic esters (lactones) is 1. The van der Waals surface area contributed by atoms with Gasteiger partial charge in [0, 0.05) is 38.0 Å². The molecule has 0 aromatic heterocycles. The van der Waals surface area contributed by atoms with Crippen molar-refractivity contribution in [3.63, 3.8) is 0 Å². The van der Waals surface area contributed by atoms with Crippen molar-refractivity contribution >= 4 is 23.6 Å². The molecule has 0 spiro atoms. The van der Waals surface area contributed by atoms with Crippen molar-refractivity contribution in [1.29, 1.82) is 0 Å². The number of carbonyl (C=O) groups is 3. The molecule has 3 saturated heterocycles. The van der Waals surface area contributed by atoms with Gasteiger partial charge in [-0.25, -0.2) is 4.79 Å². The number of likely N-dealkylation sites (N-methyl/N-ethyl adjacent to an activating group) is 1. The van der Waals surface area contributed by atoms with E-state index in [9.17, 15) is 47.9 Å². The third-order valence-corrected chi connectivity index (χ3v) is 12.4. The van der Waals surface area contributed by atoms with E-state index in [0.29, 0.717) is 37.2 Å². The van der Waals surface area contributed by atoms with E-state index in [4.69, 9.17) is 28.4 Å². The van der Waals surface area contributed by atoms with Crippen molar-refractivity contribution < 1.29 is 71.1 Å².